The van der Waals surface area contributed by atoms with Gasteiger partial charge in [-0.05, 0) is 17.6 Å². The maximum atomic E-state index is 11.2. The van der Waals surface area contributed by atoms with Crippen molar-refractivity contribution >= 4 is 34.2 Å². The molecule has 0 bridgehead atoms. The van der Waals surface area contributed by atoms with E-state index in [1.165, 1.54) is 0 Å². The Bertz CT molecular complexity index is 459. The molecule has 2 aromatic heterocycles. The molecule has 12 heavy (non-hydrogen) atoms. The average molecular weight is 176 g/mol. The van der Waals surface area contributed by atoms with Gasteiger partial charge in [-0.15, -0.1) is 11.3 Å². The lowest BCUT2D eigenvalue weighted by Gasteiger charge is -1.95. The third-order valence-corrected chi connectivity index (χ3v) is 2.81. The lowest BCUT2D eigenvalue weighted by molar-refractivity contribution is 1.29. The second-order valence-corrected chi connectivity index (χ2v) is 3.44. The highest BCUT2D eigenvalue weighted by molar-refractivity contribution is 7.18. The van der Waals surface area contributed by atoms with Crippen LogP contribution in [0.25, 0.3) is 10.1 Å². The lowest BCUT2D eigenvalue weighted by Crippen LogP contribution is -2.17. The standard InChI is InChI=1S/C8H7BNOS/c1-9-6-4-10-8(11)5-2-3-12-7(5)6/h2-4H,1H3,(H,10,11). The maximum absolute atomic E-state index is 11.2. The Kier molecular flexibility index (Phi) is 1.77. The predicted octanol–water partition coefficient (Wildman–Crippen LogP) is 0.967. The van der Waals surface area contributed by atoms with Crippen LogP contribution in [0, 0.1) is 0 Å². The van der Waals surface area contributed by atoms with E-state index in [1.807, 2.05) is 25.5 Å². The first-order valence-corrected chi connectivity index (χ1v) is 4.59. The van der Waals surface area contributed by atoms with Crippen LogP contribution in [0.5, 0.6) is 0 Å². The van der Waals surface area contributed by atoms with Gasteiger partial charge in [0.15, 0.2) is 7.28 Å². The molecule has 0 saturated heterocycles. The Morgan fingerprint density at radius 1 is 1.58 bits per heavy atom. The summed E-state index contributed by atoms with van der Waals surface area (Å²) in [5, 5.41) is 2.72. The van der Waals surface area contributed by atoms with Crippen molar-refractivity contribution in [1.29, 1.82) is 0 Å². The summed E-state index contributed by atoms with van der Waals surface area (Å²) < 4.78 is 1.07. The molecule has 0 spiro atoms. The van der Waals surface area contributed by atoms with Crippen molar-refractivity contribution in [2.45, 2.75) is 6.82 Å². The molecule has 0 saturated carbocycles. The van der Waals surface area contributed by atoms with Crippen molar-refractivity contribution < 1.29 is 0 Å². The Balaban J connectivity index is 2.92. The van der Waals surface area contributed by atoms with Crippen molar-refractivity contribution in [2.75, 3.05) is 0 Å². The number of hydrogen-bond donors (Lipinski definition) is 1. The van der Waals surface area contributed by atoms with E-state index in [0.29, 0.717) is 0 Å². The molecule has 0 fully saturated rings. The molecule has 0 amide bonds. The zero-order valence-corrected chi connectivity index (χ0v) is 7.44. The van der Waals surface area contributed by atoms with Gasteiger partial charge < -0.3 is 4.98 Å². The molecule has 2 nitrogen and oxygen atoms in total. The molecule has 0 aromatic carbocycles. The molecule has 0 aliphatic rings. The third-order valence-electron chi connectivity index (χ3n) is 1.84. The molecule has 2 heterocycles. The number of aromatic amines is 1. The third kappa shape index (κ3) is 0.993. The Hall–Kier alpha value is -1.03. The number of fused-ring (bicyclic) bond motifs is 1. The van der Waals surface area contributed by atoms with Crippen LogP contribution < -0.4 is 11.0 Å². The Labute approximate surface area is 74.5 Å². The van der Waals surface area contributed by atoms with E-state index in [2.05, 4.69) is 4.98 Å². The topological polar surface area (TPSA) is 32.9 Å². The normalized spacial score (nSPS) is 10.4. The molecule has 0 atom stereocenters. The number of H-pyrrole nitrogens is 1. The largest absolute Gasteiger partial charge is 0.329 e. The number of nitrogens with one attached hydrogen (secondary N) is 1. The summed E-state index contributed by atoms with van der Waals surface area (Å²) in [6, 6.07) is 1.85. The highest BCUT2D eigenvalue weighted by Crippen LogP contribution is 2.13. The number of hydrogen-bond acceptors (Lipinski definition) is 2. The fourth-order valence-corrected chi connectivity index (χ4v) is 2.15. The van der Waals surface area contributed by atoms with Crippen molar-refractivity contribution in [3.8, 4) is 0 Å². The monoisotopic (exact) mass is 176 g/mol. The van der Waals surface area contributed by atoms with Crippen molar-refractivity contribution in [3.05, 3.63) is 28.0 Å². The van der Waals surface area contributed by atoms with E-state index in [0.717, 1.165) is 15.5 Å². The summed E-state index contributed by atoms with van der Waals surface area (Å²) in [6.07, 6.45) is 1.75. The Morgan fingerprint density at radius 2 is 2.42 bits per heavy atom. The summed E-state index contributed by atoms with van der Waals surface area (Å²) in [7, 11) is 1.99. The van der Waals surface area contributed by atoms with E-state index in [1.54, 1.807) is 17.5 Å². The summed E-state index contributed by atoms with van der Waals surface area (Å²) in [5.74, 6) is 0. The summed E-state index contributed by atoms with van der Waals surface area (Å²) in [4.78, 5) is 13.9. The quantitative estimate of drug-likeness (QED) is 0.645. The van der Waals surface area contributed by atoms with Crippen LogP contribution in [0.2, 0.25) is 6.82 Å². The van der Waals surface area contributed by atoms with E-state index in [9.17, 15) is 4.79 Å². The number of thiophene rings is 1. The summed E-state index contributed by atoms with van der Waals surface area (Å²) in [6.45, 7) is 1.97. The molecule has 1 N–H and O–H groups in total. The molecule has 0 aliphatic carbocycles. The second kappa shape index (κ2) is 2.79. The van der Waals surface area contributed by atoms with Gasteiger partial charge in [0.1, 0.15) is 0 Å². The van der Waals surface area contributed by atoms with E-state index >= 15 is 0 Å². The maximum Gasteiger partial charge on any atom is 0.256 e. The number of rotatable bonds is 1. The van der Waals surface area contributed by atoms with Gasteiger partial charge in [0, 0.05) is 4.70 Å². The minimum atomic E-state index is -0.00292. The van der Waals surface area contributed by atoms with Gasteiger partial charge in [-0.3, -0.25) is 4.79 Å². The first kappa shape index (κ1) is 7.62. The fourth-order valence-electron chi connectivity index (χ4n) is 1.21. The molecule has 0 unspecified atom stereocenters. The van der Waals surface area contributed by atoms with Gasteiger partial charge in [0.25, 0.3) is 5.56 Å². The highest BCUT2D eigenvalue weighted by Gasteiger charge is 2.03. The van der Waals surface area contributed by atoms with E-state index in [4.69, 9.17) is 0 Å². The van der Waals surface area contributed by atoms with Crippen LogP contribution in [0.1, 0.15) is 0 Å². The molecule has 1 radical (unpaired) electrons. The molecular formula is C8H7BNOS. The first-order chi connectivity index (χ1) is 5.83. The fraction of sp³-hybridized carbons (Fsp3) is 0.125. The molecule has 2 rings (SSSR count). The molecule has 0 aliphatic heterocycles. The van der Waals surface area contributed by atoms with Gasteiger partial charge in [-0.1, -0.05) is 12.3 Å². The average Bonchev–Trinajstić information content (AvgIpc) is 2.54. The van der Waals surface area contributed by atoms with Gasteiger partial charge in [-0.25, -0.2) is 0 Å². The van der Waals surface area contributed by atoms with Gasteiger partial charge in [0.2, 0.25) is 0 Å². The van der Waals surface area contributed by atoms with Gasteiger partial charge in [-0.2, -0.15) is 0 Å². The molecule has 59 valence electrons. The van der Waals surface area contributed by atoms with E-state index < -0.39 is 0 Å². The highest BCUT2D eigenvalue weighted by atomic mass is 32.1. The number of pyridine rings is 1. The SMILES string of the molecule is C[B]c1c[nH]c(=O)c2ccsc12. The Morgan fingerprint density at radius 3 is 3.17 bits per heavy atom. The predicted molar refractivity (Wildman–Crippen MR) is 53.7 cm³/mol. The first-order valence-electron chi connectivity index (χ1n) is 3.71. The van der Waals surface area contributed by atoms with Crippen LogP contribution in [-0.2, 0) is 0 Å². The van der Waals surface area contributed by atoms with Crippen LogP contribution >= 0.6 is 11.3 Å². The van der Waals surface area contributed by atoms with Crippen molar-refractivity contribution in [2.24, 2.45) is 0 Å². The summed E-state index contributed by atoms with van der Waals surface area (Å²) >= 11 is 1.60. The van der Waals surface area contributed by atoms with Gasteiger partial charge in [0.05, 0.1) is 5.39 Å². The lowest BCUT2D eigenvalue weighted by atomic mass is 9.74. The zero-order chi connectivity index (χ0) is 8.55. The van der Waals surface area contributed by atoms with Crippen molar-refractivity contribution in [3.63, 3.8) is 0 Å². The smallest absolute Gasteiger partial charge is 0.256 e. The van der Waals surface area contributed by atoms with Gasteiger partial charge >= 0.3 is 0 Å². The molecular weight excluding hydrogens is 169 g/mol. The van der Waals surface area contributed by atoms with Crippen LogP contribution in [0.4, 0.5) is 0 Å². The molecule has 2 aromatic rings. The van der Waals surface area contributed by atoms with E-state index in [-0.39, 0.29) is 5.56 Å². The van der Waals surface area contributed by atoms with Crippen LogP contribution in [-0.4, -0.2) is 12.3 Å². The van der Waals surface area contributed by atoms with Crippen molar-refractivity contribution in [1.82, 2.24) is 4.98 Å². The second-order valence-electron chi connectivity index (χ2n) is 2.53. The minimum absolute atomic E-state index is 0.00292. The van der Waals surface area contributed by atoms with Crippen LogP contribution in [0.15, 0.2) is 22.4 Å². The summed E-state index contributed by atoms with van der Waals surface area (Å²) in [5.41, 5.74) is 1.09. The molecule has 4 heteroatoms. The van der Waals surface area contributed by atoms with Crippen LogP contribution in [0.3, 0.4) is 0 Å². The number of aromatic nitrogens is 1. The minimum Gasteiger partial charge on any atom is -0.329 e. The zero-order valence-electron chi connectivity index (χ0n) is 6.63.